The van der Waals surface area contributed by atoms with Gasteiger partial charge in [-0.05, 0) is 53.6 Å². The Morgan fingerprint density at radius 1 is 1.07 bits per heavy atom. The summed E-state index contributed by atoms with van der Waals surface area (Å²) in [6.07, 6.45) is 1.29. The zero-order chi connectivity index (χ0) is 21.1. The number of hydrogen-bond donors (Lipinski definition) is 3. The van der Waals surface area contributed by atoms with E-state index in [1.165, 1.54) is 6.07 Å². The Kier molecular flexibility index (Phi) is 6.48. The van der Waals surface area contributed by atoms with Crippen LogP contribution in [0.4, 0.5) is 0 Å². The lowest BCUT2D eigenvalue weighted by atomic mass is 9.91. The van der Waals surface area contributed by atoms with Crippen molar-refractivity contribution in [2.24, 2.45) is 5.92 Å². The molecule has 0 spiro atoms. The summed E-state index contributed by atoms with van der Waals surface area (Å²) in [4.78, 5) is 13.1. The summed E-state index contributed by atoms with van der Waals surface area (Å²) in [5.41, 5.74) is 3.24. The number of aromatic hydroxyl groups is 2. The molecule has 0 amide bonds. The Hall–Kier alpha value is -2.53. The van der Waals surface area contributed by atoms with Crippen molar-refractivity contribution in [2.45, 2.75) is 52.5 Å². The molecule has 1 unspecified atom stereocenters. The number of carbonyl (C=O) groups excluding carboxylic acids is 1. The maximum atomic E-state index is 13.1. The predicted molar refractivity (Wildman–Crippen MR) is 114 cm³/mol. The van der Waals surface area contributed by atoms with Crippen LogP contribution in [0.3, 0.4) is 0 Å². The zero-order valence-electron chi connectivity index (χ0n) is 17.7. The number of Topliss-reactive ketones (excluding diaryl/α,β-unsaturated/α-hetero) is 1. The van der Waals surface area contributed by atoms with Crippen LogP contribution in [-0.2, 0) is 12.8 Å². The smallest absolute Gasteiger partial charge is 0.170 e. The SMILES string of the molecule is CC(C)NCCOc1ccc2c(c1)CC(C(=O)c1cc(C(C)C)c(O)cc1O)C2. The number of nitrogens with one attached hydrogen (secondary N) is 1. The van der Waals surface area contributed by atoms with Crippen LogP contribution in [0.5, 0.6) is 17.2 Å². The van der Waals surface area contributed by atoms with E-state index in [4.69, 9.17) is 4.74 Å². The Labute approximate surface area is 172 Å². The molecule has 2 aromatic rings. The third kappa shape index (κ3) is 4.91. The molecule has 2 aromatic carbocycles. The summed E-state index contributed by atoms with van der Waals surface area (Å²) in [5.74, 6) is 0.458. The van der Waals surface area contributed by atoms with Crippen LogP contribution in [0.25, 0.3) is 0 Å². The number of phenolic OH excluding ortho intramolecular Hbond substituents is 2. The van der Waals surface area contributed by atoms with Gasteiger partial charge in [-0.2, -0.15) is 0 Å². The van der Waals surface area contributed by atoms with Crippen LogP contribution in [-0.4, -0.2) is 35.2 Å². The summed E-state index contributed by atoms with van der Waals surface area (Å²) in [6.45, 7) is 9.48. The minimum Gasteiger partial charge on any atom is -0.508 e. The maximum Gasteiger partial charge on any atom is 0.170 e. The Balaban J connectivity index is 1.70. The molecule has 3 rings (SSSR count). The molecule has 156 valence electrons. The first-order chi connectivity index (χ1) is 13.8. The Morgan fingerprint density at radius 2 is 1.79 bits per heavy atom. The predicted octanol–water partition coefficient (Wildman–Crippen LogP) is 4.20. The largest absolute Gasteiger partial charge is 0.508 e. The van der Waals surface area contributed by atoms with Gasteiger partial charge in [0, 0.05) is 24.6 Å². The average Bonchev–Trinajstić information content (AvgIpc) is 3.07. The number of phenols is 2. The lowest BCUT2D eigenvalue weighted by Gasteiger charge is -2.14. The lowest BCUT2D eigenvalue weighted by Crippen LogP contribution is -2.27. The van der Waals surface area contributed by atoms with Gasteiger partial charge in [0.25, 0.3) is 0 Å². The van der Waals surface area contributed by atoms with Crippen LogP contribution in [0, 0.1) is 5.92 Å². The molecule has 0 bridgehead atoms. The van der Waals surface area contributed by atoms with Gasteiger partial charge in [-0.15, -0.1) is 0 Å². The molecular weight excluding hydrogens is 366 g/mol. The highest BCUT2D eigenvalue weighted by Crippen LogP contribution is 2.37. The molecule has 0 aromatic heterocycles. The monoisotopic (exact) mass is 397 g/mol. The van der Waals surface area contributed by atoms with E-state index in [0.717, 1.165) is 23.4 Å². The number of fused-ring (bicyclic) bond motifs is 1. The summed E-state index contributed by atoms with van der Waals surface area (Å²) in [6, 6.07) is 9.35. The van der Waals surface area contributed by atoms with Gasteiger partial charge in [0.2, 0.25) is 0 Å². The zero-order valence-corrected chi connectivity index (χ0v) is 17.7. The second kappa shape index (κ2) is 8.87. The van der Waals surface area contributed by atoms with E-state index in [1.807, 2.05) is 32.0 Å². The number of ether oxygens (including phenoxy) is 1. The molecule has 1 aliphatic carbocycles. The fraction of sp³-hybridized carbons (Fsp3) is 0.458. The quantitative estimate of drug-likeness (QED) is 0.460. The van der Waals surface area contributed by atoms with Gasteiger partial charge in [-0.25, -0.2) is 0 Å². The molecule has 0 saturated carbocycles. The van der Waals surface area contributed by atoms with Crippen LogP contribution in [0.1, 0.15) is 60.7 Å². The molecular formula is C24H31NO4. The minimum absolute atomic E-state index is 0.0255. The van der Waals surface area contributed by atoms with E-state index in [9.17, 15) is 15.0 Å². The van der Waals surface area contributed by atoms with Gasteiger partial charge < -0.3 is 20.3 Å². The highest BCUT2D eigenvalue weighted by atomic mass is 16.5. The molecule has 0 aliphatic heterocycles. The maximum absolute atomic E-state index is 13.1. The molecule has 0 fully saturated rings. The minimum atomic E-state index is -0.210. The van der Waals surface area contributed by atoms with E-state index in [2.05, 4.69) is 19.2 Å². The van der Waals surface area contributed by atoms with Gasteiger partial charge in [-0.3, -0.25) is 4.79 Å². The van der Waals surface area contributed by atoms with Crippen molar-refractivity contribution in [3.05, 3.63) is 52.6 Å². The summed E-state index contributed by atoms with van der Waals surface area (Å²) < 4.78 is 5.82. The topological polar surface area (TPSA) is 78.8 Å². The number of carbonyl (C=O) groups is 1. The van der Waals surface area contributed by atoms with Crippen LogP contribution in [0.2, 0.25) is 0 Å². The molecule has 1 atom stereocenters. The molecule has 0 heterocycles. The van der Waals surface area contributed by atoms with Gasteiger partial charge in [-0.1, -0.05) is 33.8 Å². The summed E-state index contributed by atoms with van der Waals surface area (Å²) >= 11 is 0. The van der Waals surface area contributed by atoms with Crippen molar-refractivity contribution in [3.8, 4) is 17.2 Å². The third-order valence-electron chi connectivity index (χ3n) is 5.44. The number of benzene rings is 2. The Bertz CT molecular complexity index is 889. The first-order valence-corrected chi connectivity index (χ1v) is 10.3. The highest BCUT2D eigenvalue weighted by molar-refractivity contribution is 6.01. The van der Waals surface area contributed by atoms with E-state index < -0.39 is 0 Å². The second-order valence-electron chi connectivity index (χ2n) is 8.44. The fourth-order valence-electron chi connectivity index (χ4n) is 3.86. The average molecular weight is 398 g/mol. The van der Waals surface area contributed by atoms with Crippen molar-refractivity contribution in [1.82, 2.24) is 5.32 Å². The summed E-state index contributed by atoms with van der Waals surface area (Å²) in [5, 5.41) is 23.6. The van der Waals surface area contributed by atoms with Crippen molar-refractivity contribution in [3.63, 3.8) is 0 Å². The van der Waals surface area contributed by atoms with Gasteiger partial charge in [0.1, 0.15) is 23.9 Å². The fourth-order valence-corrected chi connectivity index (χ4v) is 3.86. The van der Waals surface area contributed by atoms with E-state index in [0.29, 0.717) is 36.6 Å². The van der Waals surface area contributed by atoms with Crippen molar-refractivity contribution < 1.29 is 19.7 Å². The standard InChI is InChI=1S/C24H31NO4/c1-14(2)20-12-21(23(27)13-22(20)26)24(28)18-9-16-5-6-19(11-17(16)10-18)29-8-7-25-15(3)4/h5-6,11-15,18,25-27H,7-10H2,1-4H3. The summed E-state index contributed by atoms with van der Waals surface area (Å²) in [7, 11) is 0. The van der Waals surface area contributed by atoms with Crippen molar-refractivity contribution in [2.75, 3.05) is 13.2 Å². The lowest BCUT2D eigenvalue weighted by molar-refractivity contribution is 0.0922. The number of rotatable bonds is 8. The molecule has 0 radical (unpaired) electrons. The van der Waals surface area contributed by atoms with Crippen molar-refractivity contribution >= 4 is 5.78 Å². The number of ketones is 1. The highest BCUT2D eigenvalue weighted by Gasteiger charge is 2.30. The first kappa shape index (κ1) is 21.2. The third-order valence-corrected chi connectivity index (χ3v) is 5.44. The van der Waals surface area contributed by atoms with Crippen LogP contribution >= 0.6 is 0 Å². The van der Waals surface area contributed by atoms with E-state index in [1.54, 1.807) is 6.07 Å². The molecule has 29 heavy (non-hydrogen) atoms. The van der Waals surface area contributed by atoms with Crippen LogP contribution < -0.4 is 10.1 Å². The molecule has 5 nitrogen and oxygen atoms in total. The number of hydrogen-bond acceptors (Lipinski definition) is 5. The van der Waals surface area contributed by atoms with Gasteiger partial charge in [0.05, 0.1) is 5.56 Å². The van der Waals surface area contributed by atoms with E-state index in [-0.39, 0.29) is 29.1 Å². The normalized spacial score (nSPS) is 15.7. The van der Waals surface area contributed by atoms with Gasteiger partial charge in [0.15, 0.2) is 5.78 Å². The van der Waals surface area contributed by atoms with Crippen molar-refractivity contribution in [1.29, 1.82) is 0 Å². The second-order valence-corrected chi connectivity index (χ2v) is 8.44. The van der Waals surface area contributed by atoms with Gasteiger partial charge >= 0.3 is 0 Å². The van der Waals surface area contributed by atoms with Crippen LogP contribution in [0.15, 0.2) is 30.3 Å². The Morgan fingerprint density at radius 3 is 2.48 bits per heavy atom. The molecule has 0 saturated heterocycles. The molecule has 3 N–H and O–H groups in total. The van der Waals surface area contributed by atoms with E-state index >= 15 is 0 Å². The molecule has 5 heteroatoms. The first-order valence-electron chi connectivity index (χ1n) is 10.3. The molecule has 1 aliphatic rings.